The van der Waals surface area contributed by atoms with E-state index in [1.807, 2.05) is 19.1 Å². The molecular weight excluding hydrogens is 264 g/mol. The van der Waals surface area contributed by atoms with Crippen molar-refractivity contribution in [2.24, 2.45) is 23.2 Å². The zero-order valence-corrected chi connectivity index (χ0v) is 13.0. The Kier molecular flexibility index (Phi) is 4.24. The second-order valence-corrected chi connectivity index (χ2v) is 7.67. The number of fused-ring (bicyclic) bond motifs is 1. The van der Waals surface area contributed by atoms with E-state index in [1.54, 1.807) is 0 Å². The van der Waals surface area contributed by atoms with Gasteiger partial charge in [-0.05, 0) is 31.1 Å². The smallest absolute Gasteiger partial charge is 0.139 e. The first-order chi connectivity index (χ1) is 10.0. The van der Waals surface area contributed by atoms with Crippen molar-refractivity contribution in [1.29, 1.82) is 0 Å². The minimum absolute atomic E-state index is 0.0414. The number of carbonyl (C=O) groups is 1. The first-order valence-corrected chi connectivity index (χ1v) is 8.58. The normalized spacial score (nSPS) is 42.0. The van der Waals surface area contributed by atoms with E-state index in [1.165, 1.54) is 25.7 Å². The summed E-state index contributed by atoms with van der Waals surface area (Å²) in [4.78, 5) is 11.9. The molecule has 3 heteroatoms. The molecule has 0 heterocycles. The van der Waals surface area contributed by atoms with Gasteiger partial charge in [-0.3, -0.25) is 4.79 Å². The summed E-state index contributed by atoms with van der Waals surface area (Å²) in [7, 11) is 0. The van der Waals surface area contributed by atoms with Gasteiger partial charge in [0.05, 0.1) is 12.2 Å². The first-order valence-electron chi connectivity index (χ1n) is 8.58. The molecule has 3 saturated carbocycles. The van der Waals surface area contributed by atoms with Crippen LogP contribution in [-0.4, -0.2) is 28.2 Å². The standard InChI is InChI=1S/C18H28O3/c1-18-9-8-16(20)14(15(18)11-17(18)21)7-6-13(19)10-12-4-2-3-5-12/h6-7,12-16,19-20H,2-5,8-11H2,1H3/t13-,14-,15-,16-,18+/m0/s1. The molecule has 0 bridgehead atoms. The van der Waals surface area contributed by atoms with E-state index in [-0.39, 0.29) is 23.4 Å². The molecule has 3 fully saturated rings. The lowest BCUT2D eigenvalue weighted by atomic mass is 9.50. The molecule has 3 aliphatic carbocycles. The van der Waals surface area contributed by atoms with Gasteiger partial charge in [-0.25, -0.2) is 0 Å². The summed E-state index contributed by atoms with van der Waals surface area (Å²) in [6.07, 6.45) is 11.2. The first kappa shape index (κ1) is 15.2. The summed E-state index contributed by atoms with van der Waals surface area (Å²) in [5.74, 6) is 1.32. The average Bonchev–Trinajstić information content (AvgIpc) is 2.95. The topological polar surface area (TPSA) is 57.5 Å². The van der Waals surface area contributed by atoms with Crippen molar-refractivity contribution in [3.63, 3.8) is 0 Å². The molecule has 0 spiro atoms. The van der Waals surface area contributed by atoms with Crippen LogP contribution in [0.25, 0.3) is 0 Å². The van der Waals surface area contributed by atoms with Crippen molar-refractivity contribution < 1.29 is 15.0 Å². The van der Waals surface area contributed by atoms with Crippen molar-refractivity contribution in [2.75, 3.05) is 0 Å². The highest BCUT2D eigenvalue weighted by molar-refractivity contribution is 5.91. The van der Waals surface area contributed by atoms with Crippen LogP contribution in [0.3, 0.4) is 0 Å². The third-order valence-corrected chi connectivity index (χ3v) is 6.33. The molecule has 0 amide bonds. The van der Waals surface area contributed by atoms with Gasteiger partial charge in [0, 0.05) is 17.8 Å². The fourth-order valence-electron chi connectivity index (χ4n) is 4.71. The molecule has 0 radical (unpaired) electrons. The number of aliphatic hydroxyl groups is 2. The molecule has 2 N–H and O–H groups in total. The van der Waals surface area contributed by atoms with Crippen LogP contribution in [0.1, 0.15) is 58.3 Å². The Morgan fingerprint density at radius 3 is 2.71 bits per heavy atom. The molecule has 21 heavy (non-hydrogen) atoms. The molecule has 3 rings (SSSR count). The zero-order valence-electron chi connectivity index (χ0n) is 13.0. The van der Waals surface area contributed by atoms with E-state index < -0.39 is 6.10 Å². The molecule has 5 atom stereocenters. The maximum atomic E-state index is 11.9. The third kappa shape index (κ3) is 2.83. The van der Waals surface area contributed by atoms with Gasteiger partial charge in [0.15, 0.2) is 0 Å². The Morgan fingerprint density at radius 1 is 1.33 bits per heavy atom. The minimum atomic E-state index is -0.399. The van der Waals surface area contributed by atoms with Crippen LogP contribution in [-0.2, 0) is 4.79 Å². The van der Waals surface area contributed by atoms with E-state index in [0.717, 1.165) is 12.8 Å². The molecular formula is C18H28O3. The summed E-state index contributed by atoms with van der Waals surface area (Å²) in [5.41, 5.74) is -0.218. The molecule has 0 saturated heterocycles. The zero-order chi connectivity index (χ0) is 15.0. The Labute approximate surface area is 127 Å². The predicted octanol–water partition coefficient (Wildman–Crippen LogP) is 2.85. The second kappa shape index (κ2) is 5.85. The molecule has 0 aromatic rings. The van der Waals surface area contributed by atoms with Gasteiger partial charge in [-0.15, -0.1) is 0 Å². The molecule has 0 unspecified atom stereocenters. The largest absolute Gasteiger partial charge is 0.393 e. The van der Waals surface area contributed by atoms with Crippen LogP contribution < -0.4 is 0 Å². The Hall–Kier alpha value is -0.670. The Bertz CT molecular complexity index is 424. The number of carbonyl (C=O) groups excluding carboxylic acids is 1. The van der Waals surface area contributed by atoms with Gasteiger partial charge in [0.25, 0.3) is 0 Å². The van der Waals surface area contributed by atoms with E-state index in [0.29, 0.717) is 24.5 Å². The molecule has 0 aliphatic heterocycles. The number of hydrogen-bond acceptors (Lipinski definition) is 3. The van der Waals surface area contributed by atoms with Crippen LogP contribution >= 0.6 is 0 Å². The van der Waals surface area contributed by atoms with E-state index in [4.69, 9.17) is 0 Å². The highest BCUT2D eigenvalue weighted by Crippen LogP contribution is 2.55. The minimum Gasteiger partial charge on any atom is -0.393 e. The maximum Gasteiger partial charge on any atom is 0.139 e. The molecule has 0 aromatic heterocycles. The second-order valence-electron chi connectivity index (χ2n) is 7.67. The van der Waals surface area contributed by atoms with Crippen LogP contribution in [0.5, 0.6) is 0 Å². The molecule has 118 valence electrons. The summed E-state index contributed by atoms with van der Waals surface area (Å²) in [6, 6.07) is 0. The van der Waals surface area contributed by atoms with Crippen LogP contribution in [0.2, 0.25) is 0 Å². The summed E-state index contributed by atoms with van der Waals surface area (Å²) < 4.78 is 0. The van der Waals surface area contributed by atoms with Gasteiger partial charge >= 0.3 is 0 Å². The van der Waals surface area contributed by atoms with Crippen LogP contribution in [0.15, 0.2) is 12.2 Å². The fraction of sp³-hybridized carbons (Fsp3) is 0.833. The van der Waals surface area contributed by atoms with Gasteiger partial charge < -0.3 is 10.2 Å². The van der Waals surface area contributed by atoms with Crippen LogP contribution in [0, 0.1) is 23.2 Å². The fourth-order valence-corrected chi connectivity index (χ4v) is 4.71. The van der Waals surface area contributed by atoms with Crippen molar-refractivity contribution in [2.45, 2.75) is 70.5 Å². The highest BCUT2D eigenvalue weighted by Gasteiger charge is 2.57. The van der Waals surface area contributed by atoms with Gasteiger partial charge in [0.1, 0.15) is 5.78 Å². The van der Waals surface area contributed by atoms with Crippen molar-refractivity contribution in [1.82, 2.24) is 0 Å². The Morgan fingerprint density at radius 2 is 2.05 bits per heavy atom. The van der Waals surface area contributed by atoms with Crippen molar-refractivity contribution in [3.05, 3.63) is 12.2 Å². The lowest BCUT2D eigenvalue weighted by Gasteiger charge is -2.53. The van der Waals surface area contributed by atoms with Gasteiger partial charge in [-0.1, -0.05) is 44.8 Å². The number of Topliss-reactive ketones (excluding diaryl/α,β-unsaturated/α-hetero) is 1. The lowest BCUT2D eigenvalue weighted by molar-refractivity contribution is -0.157. The van der Waals surface area contributed by atoms with Crippen molar-refractivity contribution >= 4 is 5.78 Å². The summed E-state index contributed by atoms with van der Waals surface area (Å²) >= 11 is 0. The van der Waals surface area contributed by atoms with Crippen LogP contribution in [0.4, 0.5) is 0 Å². The van der Waals surface area contributed by atoms with E-state index in [9.17, 15) is 15.0 Å². The number of ketones is 1. The maximum absolute atomic E-state index is 11.9. The molecule has 0 aromatic carbocycles. The third-order valence-electron chi connectivity index (χ3n) is 6.33. The number of hydrogen-bond donors (Lipinski definition) is 2. The van der Waals surface area contributed by atoms with E-state index >= 15 is 0 Å². The van der Waals surface area contributed by atoms with Gasteiger partial charge in [0.2, 0.25) is 0 Å². The Balaban J connectivity index is 1.59. The lowest BCUT2D eigenvalue weighted by Crippen LogP contribution is -2.56. The predicted molar refractivity (Wildman–Crippen MR) is 81.7 cm³/mol. The molecule has 3 aliphatic rings. The number of aliphatic hydroxyl groups excluding tert-OH is 2. The summed E-state index contributed by atoms with van der Waals surface area (Å²) in [6.45, 7) is 2.05. The number of rotatable bonds is 4. The monoisotopic (exact) mass is 292 g/mol. The SMILES string of the molecule is C[C@@]12CC[C@H](O)[C@@H](C=C[C@H](O)CC3CCCC3)[C@@H]1CC2=O. The highest BCUT2D eigenvalue weighted by atomic mass is 16.3. The average molecular weight is 292 g/mol. The molecule has 3 nitrogen and oxygen atoms in total. The quantitative estimate of drug-likeness (QED) is 0.783. The summed E-state index contributed by atoms with van der Waals surface area (Å²) in [5, 5.41) is 20.4. The van der Waals surface area contributed by atoms with Crippen molar-refractivity contribution in [3.8, 4) is 0 Å². The van der Waals surface area contributed by atoms with E-state index in [2.05, 4.69) is 0 Å². The van der Waals surface area contributed by atoms with Gasteiger partial charge in [-0.2, -0.15) is 0 Å².